The summed E-state index contributed by atoms with van der Waals surface area (Å²) in [4.78, 5) is 37.2. The van der Waals surface area contributed by atoms with Crippen LogP contribution in [0.3, 0.4) is 0 Å². The van der Waals surface area contributed by atoms with Crippen LogP contribution in [0.5, 0.6) is 0 Å². The molecule has 1 heterocycles. The van der Waals surface area contributed by atoms with Gasteiger partial charge in [-0.05, 0) is 18.3 Å². The van der Waals surface area contributed by atoms with Crippen LogP contribution in [0.2, 0.25) is 0 Å². The van der Waals surface area contributed by atoms with Crippen LogP contribution in [0.25, 0.3) is 0 Å². The minimum Gasteiger partial charge on any atom is -0.481 e. The zero-order valence-corrected chi connectivity index (χ0v) is 13.7. The van der Waals surface area contributed by atoms with E-state index >= 15 is 0 Å². The van der Waals surface area contributed by atoms with Crippen molar-refractivity contribution in [3.05, 3.63) is 17.8 Å². The third-order valence-electron chi connectivity index (χ3n) is 3.13. The van der Waals surface area contributed by atoms with Crippen LogP contribution < -0.4 is 5.32 Å². The van der Waals surface area contributed by atoms with Crippen LogP contribution in [0.15, 0.2) is 10.8 Å². The van der Waals surface area contributed by atoms with Gasteiger partial charge >= 0.3 is 11.9 Å². The Bertz CT molecular complexity index is 568. The smallest absolute Gasteiger partial charge is 0.329 e. The number of amides is 1. The molecule has 0 unspecified atom stereocenters. The molecule has 0 aromatic carbocycles. The highest BCUT2D eigenvalue weighted by Crippen LogP contribution is 2.15. The summed E-state index contributed by atoms with van der Waals surface area (Å²) in [5, 5.41) is 20.1. The molecular weight excluding hydrogens is 320 g/mol. The fraction of sp³-hybridized carbons (Fsp3) is 0.600. The maximum atomic E-state index is 12.1. The molecule has 0 fully saturated rings. The number of rotatable bonds is 11. The number of carboxylic acids is 2. The van der Waals surface area contributed by atoms with Crippen LogP contribution in [0, 0.1) is 11.8 Å². The summed E-state index contributed by atoms with van der Waals surface area (Å²) < 4.78 is 9.89. The van der Waals surface area contributed by atoms with E-state index in [9.17, 15) is 14.4 Å². The number of nitrogens with zero attached hydrogens (tertiary/aromatic N) is 1. The van der Waals surface area contributed by atoms with E-state index in [0.29, 0.717) is 12.3 Å². The van der Waals surface area contributed by atoms with Gasteiger partial charge in [-0.2, -0.15) is 0 Å². The average Bonchev–Trinajstić information content (AvgIpc) is 2.91. The highest BCUT2D eigenvalue weighted by Gasteiger charge is 2.20. The van der Waals surface area contributed by atoms with Crippen molar-refractivity contribution in [1.82, 2.24) is 10.3 Å². The summed E-state index contributed by atoms with van der Waals surface area (Å²) in [5.74, 6) is -2.34. The molecule has 0 aliphatic rings. The van der Waals surface area contributed by atoms with E-state index in [1.54, 1.807) is 0 Å². The van der Waals surface area contributed by atoms with E-state index in [1.165, 1.54) is 0 Å². The van der Waals surface area contributed by atoms with Gasteiger partial charge in [0.1, 0.15) is 13.2 Å². The molecule has 0 aliphatic carbocycles. The van der Waals surface area contributed by atoms with Crippen LogP contribution in [0.1, 0.15) is 42.9 Å². The van der Waals surface area contributed by atoms with E-state index in [4.69, 9.17) is 19.4 Å². The summed E-state index contributed by atoms with van der Waals surface area (Å²) in [5.41, 5.74) is -0.000916. The molecule has 9 heteroatoms. The third-order valence-corrected chi connectivity index (χ3v) is 3.13. The van der Waals surface area contributed by atoms with Crippen LogP contribution >= 0.6 is 0 Å². The van der Waals surface area contributed by atoms with E-state index in [1.807, 2.05) is 13.8 Å². The zero-order chi connectivity index (χ0) is 18.1. The van der Waals surface area contributed by atoms with Crippen molar-refractivity contribution < 1.29 is 33.8 Å². The molecule has 1 atom stereocenters. The molecule has 24 heavy (non-hydrogen) atoms. The predicted octanol–water partition coefficient (Wildman–Crippen LogP) is 1.14. The molecule has 1 aromatic heterocycles. The fourth-order valence-corrected chi connectivity index (χ4v) is 2.26. The maximum Gasteiger partial charge on any atom is 0.329 e. The van der Waals surface area contributed by atoms with Crippen LogP contribution in [-0.4, -0.2) is 46.2 Å². The molecule has 134 valence electrons. The fourth-order valence-electron chi connectivity index (χ4n) is 2.26. The molecule has 0 saturated heterocycles. The topological polar surface area (TPSA) is 139 Å². The van der Waals surface area contributed by atoms with Gasteiger partial charge in [0.05, 0.1) is 0 Å². The van der Waals surface area contributed by atoms with Gasteiger partial charge in [0.15, 0.2) is 17.8 Å². The van der Waals surface area contributed by atoms with Gasteiger partial charge in [-0.15, -0.1) is 0 Å². The molecule has 1 rings (SSSR count). The third kappa shape index (κ3) is 7.23. The van der Waals surface area contributed by atoms with E-state index in [2.05, 4.69) is 10.3 Å². The number of hydrogen-bond acceptors (Lipinski definition) is 6. The summed E-state index contributed by atoms with van der Waals surface area (Å²) >= 11 is 0. The van der Waals surface area contributed by atoms with Crippen molar-refractivity contribution in [2.75, 3.05) is 13.2 Å². The number of oxazole rings is 1. The Morgan fingerprint density at radius 3 is 2.58 bits per heavy atom. The van der Waals surface area contributed by atoms with E-state index < -0.39 is 24.5 Å². The lowest BCUT2D eigenvalue weighted by Crippen LogP contribution is -2.31. The van der Waals surface area contributed by atoms with Crippen LogP contribution in [0.4, 0.5) is 0 Å². The van der Waals surface area contributed by atoms with Gasteiger partial charge in [0, 0.05) is 13.0 Å². The largest absolute Gasteiger partial charge is 0.481 e. The van der Waals surface area contributed by atoms with Gasteiger partial charge in [-0.1, -0.05) is 13.8 Å². The van der Waals surface area contributed by atoms with Crippen molar-refractivity contribution >= 4 is 17.8 Å². The molecular formula is C15H22N2O7. The normalized spacial score (nSPS) is 12.1. The second-order valence-corrected chi connectivity index (χ2v) is 5.81. The number of carbonyl (C=O) groups is 3. The number of nitrogens with one attached hydrogen (secondary N) is 1. The SMILES string of the molecule is CC(C)C[C@H](CNC(=O)c1ncoc1COCC(=O)O)CC(=O)O. The molecule has 3 N–H and O–H groups in total. The van der Waals surface area contributed by atoms with E-state index in [0.717, 1.165) is 6.39 Å². The molecule has 0 saturated carbocycles. The molecule has 0 bridgehead atoms. The number of carbonyl (C=O) groups excluding carboxylic acids is 1. The van der Waals surface area contributed by atoms with Crippen molar-refractivity contribution in [2.24, 2.45) is 11.8 Å². The summed E-state index contributed by atoms with van der Waals surface area (Å²) in [6.07, 6.45) is 1.70. The van der Waals surface area contributed by atoms with E-state index in [-0.39, 0.29) is 36.9 Å². The second-order valence-electron chi connectivity index (χ2n) is 5.81. The minimum absolute atomic E-state index is 0.000916. The van der Waals surface area contributed by atoms with Gasteiger partial charge in [-0.3, -0.25) is 9.59 Å². The van der Waals surface area contributed by atoms with Gasteiger partial charge in [0.2, 0.25) is 0 Å². The van der Waals surface area contributed by atoms with Crippen molar-refractivity contribution in [2.45, 2.75) is 33.3 Å². The standard InChI is InChI=1S/C15H22N2O7/c1-9(2)3-10(4-12(18)19)5-16-15(22)14-11(24-8-17-14)6-23-7-13(20)21/h8-10H,3-7H2,1-2H3,(H,16,22)(H,18,19)(H,20,21)/t10-/m0/s1. The Kier molecular flexibility index (Phi) is 7.90. The molecule has 0 aliphatic heterocycles. The molecule has 1 amide bonds. The maximum absolute atomic E-state index is 12.1. The first-order valence-corrected chi connectivity index (χ1v) is 7.51. The van der Waals surface area contributed by atoms with Gasteiger partial charge in [-0.25, -0.2) is 9.78 Å². The van der Waals surface area contributed by atoms with Crippen molar-refractivity contribution in [1.29, 1.82) is 0 Å². The number of aromatic nitrogens is 1. The number of ether oxygens (including phenoxy) is 1. The van der Waals surface area contributed by atoms with Crippen molar-refractivity contribution in [3.63, 3.8) is 0 Å². The Labute approximate surface area is 139 Å². The monoisotopic (exact) mass is 342 g/mol. The lowest BCUT2D eigenvalue weighted by molar-refractivity contribution is -0.143. The number of aliphatic carboxylic acids is 2. The predicted molar refractivity (Wildman–Crippen MR) is 81.3 cm³/mol. The number of carboxylic acid groups (broad SMARTS) is 2. The zero-order valence-electron chi connectivity index (χ0n) is 13.7. The Morgan fingerprint density at radius 2 is 2.00 bits per heavy atom. The quantitative estimate of drug-likeness (QED) is 0.544. The van der Waals surface area contributed by atoms with Gasteiger partial charge < -0.3 is 24.7 Å². The molecule has 0 spiro atoms. The summed E-state index contributed by atoms with van der Waals surface area (Å²) in [6.45, 7) is 3.44. The average molecular weight is 342 g/mol. The lowest BCUT2D eigenvalue weighted by Gasteiger charge is -2.17. The summed E-state index contributed by atoms with van der Waals surface area (Å²) in [7, 11) is 0. The van der Waals surface area contributed by atoms with Gasteiger partial charge in [0.25, 0.3) is 5.91 Å². The number of hydrogen-bond donors (Lipinski definition) is 3. The first kappa shape index (κ1) is 19.6. The molecule has 1 aromatic rings. The molecule has 0 radical (unpaired) electrons. The highest BCUT2D eigenvalue weighted by molar-refractivity contribution is 5.93. The Morgan fingerprint density at radius 1 is 1.29 bits per heavy atom. The molecule has 9 nitrogen and oxygen atoms in total. The Balaban J connectivity index is 2.58. The van der Waals surface area contributed by atoms with Crippen LogP contribution in [-0.2, 0) is 20.9 Å². The Hall–Kier alpha value is -2.42. The summed E-state index contributed by atoms with van der Waals surface area (Å²) in [6, 6.07) is 0. The second kappa shape index (κ2) is 9.66. The van der Waals surface area contributed by atoms with Crippen molar-refractivity contribution in [3.8, 4) is 0 Å². The highest BCUT2D eigenvalue weighted by atomic mass is 16.5. The first-order valence-electron chi connectivity index (χ1n) is 7.51. The lowest BCUT2D eigenvalue weighted by atomic mass is 9.94. The first-order chi connectivity index (χ1) is 11.3. The minimum atomic E-state index is -1.13.